The van der Waals surface area contributed by atoms with Crippen LogP contribution in [0.15, 0.2) is 76.2 Å². The molecule has 1 N–H and O–H groups in total. The van der Waals surface area contributed by atoms with Crippen LogP contribution in [0.25, 0.3) is 0 Å². The summed E-state index contributed by atoms with van der Waals surface area (Å²) in [4.78, 5) is 25.2. The predicted octanol–water partition coefficient (Wildman–Crippen LogP) is 4.05. The summed E-state index contributed by atoms with van der Waals surface area (Å²) in [6, 6.07) is 18.2. The molecule has 0 aliphatic carbocycles. The molecule has 3 rings (SSSR count). The highest BCUT2D eigenvalue weighted by Crippen LogP contribution is 2.27. The molecule has 0 radical (unpaired) electrons. The lowest BCUT2D eigenvalue weighted by Crippen LogP contribution is -2.28. The average molecular weight is 411 g/mol. The number of hydrogen-bond acceptors (Lipinski definition) is 6. The van der Waals surface area contributed by atoms with E-state index in [1.54, 1.807) is 25.5 Å². The Hall–Kier alpha value is -3.19. The molecular weight excluding hydrogens is 390 g/mol. The Bertz CT molecular complexity index is 955. The summed E-state index contributed by atoms with van der Waals surface area (Å²) in [5.74, 6) is 1.21. The molecule has 150 valence electrons. The van der Waals surface area contributed by atoms with Crippen LogP contribution in [-0.2, 0) is 21.8 Å². The van der Waals surface area contributed by atoms with E-state index in [2.05, 4.69) is 5.32 Å². The largest absolute Gasteiger partial charge is 0.497 e. The highest BCUT2D eigenvalue weighted by molar-refractivity contribution is 7.98. The minimum Gasteiger partial charge on any atom is -0.497 e. The normalized spacial score (nSPS) is 10.4. The Morgan fingerprint density at radius 3 is 2.72 bits per heavy atom. The molecule has 29 heavy (non-hydrogen) atoms. The number of carbonyl (C=O) groups excluding carboxylic acids is 2. The Kier molecular flexibility index (Phi) is 7.35. The summed E-state index contributed by atoms with van der Waals surface area (Å²) in [5.41, 5.74) is 1.31. The maximum atomic E-state index is 12.4. The predicted molar refractivity (Wildman–Crippen MR) is 110 cm³/mol. The molecule has 1 heterocycles. The van der Waals surface area contributed by atoms with Crippen LogP contribution in [-0.4, -0.2) is 25.6 Å². The van der Waals surface area contributed by atoms with E-state index in [-0.39, 0.29) is 12.5 Å². The van der Waals surface area contributed by atoms with Gasteiger partial charge in [-0.25, -0.2) is 4.79 Å². The van der Waals surface area contributed by atoms with E-state index in [0.717, 1.165) is 16.2 Å². The third-order valence-corrected chi connectivity index (χ3v) is 5.11. The van der Waals surface area contributed by atoms with Crippen LogP contribution in [0, 0.1) is 0 Å². The number of furan rings is 1. The number of nitrogens with one attached hydrogen (secondary N) is 1. The van der Waals surface area contributed by atoms with Crippen LogP contribution in [0.5, 0.6) is 5.75 Å². The molecule has 6 nitrogen and oxygen atoms in total. The first-order chi connectivity index (χ1) is 14.2. The van der Waals surface area contributed by atoms with Gasteiger partial charge in [0.15, 0.2) is 6.61 Å². The molecule has 0 saturated carbocycles. The highest BCUT2D eigenvalue weighted by Gasteiger charge is 2.15. The molecule has 0 unspecified atom stereocenters. The van der Waals surface area contributed by atoms with Gasteiger partial charge in [-0.05, 0) is 42.0 Å². The Labute approximate surface area is 173 Å². The van der Waals surface area contributed by atoms with Crippen LogP contribution in [0.1, 0.15) is 21.7 Å². The van der Waals surface area contributed by atoms with E-state index in [1.807, 2.05) is 48.5 Å². The van der Waals surface area contributed by atoms with Gasteiger partial charge in [-0.3, -0.25) is 4.79 Å². The second-order valence-electron chi connectivity index (χ2n) is 6.07. The number of amides is 1. The molecule has 0 atom stereocenters. The number of esters is 1. The molecule has 2 aromatic carbocycles. The summed E-state index contributed by atoms with van der Waals surface area (Å²) < 4.78 is 15.7. The zero-order valence-electron chi connectivity index (χ0n) is 15.9. The third-order valence-electron chi connectivity index (χ3n) is 4.02. The van der Waals surface area contributed by atoms with Crippen LogP contribution in [0.4, 0.5) is 0 Å². The van der Waals surface area contributed by atoms with E-state index in [9.17, 15) is 9.59 Å². The zero-order chi connectivity index (χ0) is 20.5. The molecule has 1 aromatic heterocycles. The van der Waals surface area contributed by atoms with Crippen LogP contribution in [0.3, 0.4) is 0 Å². The summed E-state index contributed by atoms with van der Waals surface area (Å²) in [6.07, 6.45) is 1.61. The summed E-state index contributed by atoms with van der Waals surface area (Å²) >= 11 is 1.47. The van der Waals surface area contributed by atoms with Gasteiger partial charge < -0.3 is 19.2 Å². The summed E-state index contributed by atoms with van der Waals surface area (Å²) in [5, 5.41) is 2.73. The molecule has 0 saturated heterocycles. The number of rotatable bonds is 9. The number of methoxy groups -OCH3 is 1. The van der Waals surface area contributed by atoms with Crippen molar-refractivity contribution in [2.75, 3.05) is 13.7 Å². The second-order valence-corrected chi connectivity index (χ2v) is 7.09. The lowest BCUT2D eigenvalue weighted by Gasteiger charge is -2.10. The molecule has 0 aliphatic heterocycles. The number of benzene rings is 2. The van der Waals surface area contributed by atoms with Crippen molar-refractivity contribution in [3.8, 4) is 5.75 Å². The molecular formula is C22H21NO5S. The Morgan fingerprint density at radius 2 is 1.93 bits per heavy atom. The summed E-state index contributed by atoms with van der Waals surface area (Å²) in [6.45, 7) is -0.0246. The van der Waals surface area contributed by atoms with E-state index >= 15 is 0 Å². The van der Waals surface area contributed by atoms with E-state index in [4.69, 9.17) is 13.9 Å². The van der Waals surface area contributed by atoms with Crippen LogP contribution in [0.2, 0.25) is 0 Å². The molecule has 0 spiro atoms. The van der Waals surface area contributed by atoms with E-state index in [1.165, 1.54) is 11.8 Å². The number of carbonyl (C=O) groups is 2. The quantitative estimate of drug-likeness (QED) is 0.423. The monoisotopic (exact) mass is 411 g/mol. The number of thioether (sulfide) groups is 1. The maximum Gasteiger partial charge on any atom is 0.339 e. The third kappa shape index (κ3) is 6.15. The van der Waals surface area contributed by atoms with Gasteiger partial charge in [0.1, 0.15) is 11.5 Å². The van der Waals surface area contributed by atoms with Gasteiger partial charge in [0.05, 0.1) is 24.7 Å². The second kappa shape index (κ2) is 10.4. The van der Waals surface area contributed by atoms with Crippen LogP contribution >= 0.6 is 11.8 Å². The fourth-order valence-electron chi connectivity index (χ4n) is 2.55. The average Bonchev–Trinajstić information content (AvgIpc) is 3.28. The van der Waals surface area contributed by atoms with Crippen molar-refractivity contribution in [3.63, 3.8) is 0 Å². The number of ether oxygens (including phenoxy) is 2. The maximum absolute atomic E-state index is 12.4. The highest BCUT2D eigenvalue weighted by atomic mass is 32.2. The van der Waals surface area contributed by atoms with Crippen molar-refractivity contribution in [2.45, 2.75) is 17.2 Å². The lowest BCUT2D eigenvalue weighted by molar-refractivity contribution is -0.124. The molecule has 3 aromatic rings. The van der Waals surface area contributed by atoms with Crippen molar-refractivity contribution in [2.24, 2.45) is 0 Å². The minimum absolute atomic E-state index is 0.323. The van der Waals surface area contributed by atoms with Gasteiger partial charge in [-0.15, -0.1) is 11.8 Å². The van der Waals surface area contributed by atoms with E-state index in [0.29, 0.717) is 23.6 Å². The van der Waals surface area contributed by atoms with Gasteiger partial charge in [-0.2, -0.15) is 0 Å². The van der Waals surface area contributed by atoms with Crippen molar-refractivity contribution < 1.29 is 23.5 Å². The first kappa shape index (κ1) is 20.5. The molecule has 1 amide bonds. The van der Waals surface area contributed by atoms with Crippen molar-refractivity contribution in [1.29, 1.82) is 0 Å². The van der Waals surface area contributed by atoms with E-state index < -0.39 is 5.97 Å². The Morgan fingerprint density at radius 1 is 1.07 bits per heavy atom. The molecule has 0 bridgehead atoms. The summed E-state index contributed by atoms with van der Waals surface area (Å²) in [7, 11) is 1.59. The molecule has 0 fully saturated rings. The SMILES string of the molecule is COc1cccc(CNC(=O)COC(=O)c2ccccc2SCc2ccco2)c1. The smallest absolute Gasteiger partial charge is 0.339 e. The van der Waals surface area contributed by atoms with Gasteiger partial charge in [0.2, 0.25) is 0 Å². The topological polar surface area (TPSA) is 77.8 Å². The van der Waals surface area contributed by atoms with Gasteiger partial charge in [-0.1, -0.05) is 24.3 Å². The standard InChI is InChI=1S/C22H21NO5S/c1-26-17-7-4-6-16(12-17)13-23-21(24)14-28-22(25)19-9-2-3-10-20(19)29-15-18-8-5-11-27-18/h2-12H,13-15H2,1H3,(H,23,24). The lowest BCUT2D eigenvalue weighted by atomic mass is 10.2. The molecule has 7 heteroatoms. The van der Waals surface area contributed by atoms with Crippen molar-refractivity contribution in [3.05, 3.63) is 83.8 Å². The molecule has 0 aliphatic rings. The Balaban J connectivity index is 1.50. The minimum atomic E-state index is -0.538. The van der Waals surface area contributed by atoms with Crippen LogP contribution < -0.4 is 10.1 Å². The fourth-order valence-corrected chi connectivity index (χ4v) is 3.49. The van der Waals surface area contributed by atoms with Crippen molar-refractivity contribution >= 4 is 23.6 Å². The number of hydrogen-bond donors (Lipinski definition) is 1. The van der Waals surface area contributed by atoms with Gasteiger partial charge in [0, 0.05) is 11.4 Å². The van der Waals surface area contributed by atoms with Gasteiger partial charge in [0.25, 0.3) is 5.91 Å². The fraction of sp³-hybridized carbons (Fsp3) is 0.182. The first-order valence-electron chi connectivity index (χ1n) is 8.96. The van der Waals surface area contributed by atoms with Crippen molar-refractivity contribution in [1.82, 2.24) is 5.32 Å². The first-order valence-corrected chi connectivity index (χ1v) is 9.95. The zero-order valence-corrected chi connectivity index (χ0v) is 16.7. The van der Waals surface area contributed by atoms with Gasteiger partial charge >= 0.3 is 5.97 Å².